The first-order chi connectivity index (χ1) is 8.00. The van der Waals surface area contributed by atoms with E-state index in [0.29, 0.717) is 12.8 Å². The molecule has 0 heterocycles. The van der Waals surface area contributed by atoms with Crippen LogP contribution in [0.5, 0.6) is 0 Å². The Bertz CT molecular complexity index is 352. The molecule has 0 aromatic heterocycles. The van der Waals surface area contributed by atoms with Crippen LogP contribution < -0.4 is 0 Å². The Balaban J connectivity index is 3.17. The Kier molecular flexibility index (Phi) is 4.10. The highest BCUT2D eigenvalue weighted by Gasteiger charge is 2.50. The Hall–Kier alpha value is -1.58. The van der Waals surface area contributed by atoms with Crippen molar-refractivity contribution in [2.45, 2.75) is 19.8 Å². The molecule has 0 saturated heterocycles. The molecule has 0 N–H and O–H groups in total. The molecule has 0 fully saturated rings. The van der Waals surface area contributed by atoms with Crippen molar-refractivity contribution in [3.05, 3.63) is 24.3 Å². The van der Waals surface area contributed by atoms with Crippen molar-refractivity contribution >= 4 is 11.9 Å². The molecule has 1 aliphatic carbocycles. The van der Waals surface area contributed by atoms with Gasteiger partial charge in [0.15, 0.2) is 5.41 Å². The van der Waals surface area contributed by atoms with E-state index in [2.05, 4.69) is 6.58 Å². The largest absolute Gasteiger partial charge is 0.468 e. The predicted molar refractivity (Wildman–Crippen MR) is 63.1 cm³/mol. The molecule has 0 saturated carbocycles. The van der Waals surface area contributed by atoms with Crippen LogP contribution in [0.25, 0.3) is 0 Å². The molecule has 0 bridgehead atoms. The average molecular weight is 238 g/mol. The molecule has 1 aliphatic rings. The fraction of sp³-hybridized carbons (Fsp3) is 0.538. The maximum Gasteiger partial charge on any atom is 0.323 e. The monoisotopic (exact) mass is 238 g/mol. The van der Waals surface area contributed by atoms with Crippen LogP contribution in [0.2, 0.25) is 0 Å². The van der Waals surface area contributed by atoms with Crippen LogP contribution in [0, 0.1) is 11.3 Å². The van der Waals surface area contributed by atoms with Gasteiger partial charge in [0.2, 0.25) is 0 Å². The quantitative estimate of drug-likeness (QED) is 0.428. The first kappa shape index (κ1) is 13.5. The van der Waals surface area contributed by atoms with Crippen molar-refractivity contribution < 1.29 is 19.1 Å². The lowest BCUT2D eigenvalue weighted by atomic mass is 9.70. The van der Waals surface area contributed by atoms with Gasteiger partial charge in [-0.25, -0.2) is 0 Å². The lowest BCUT2D eigenvalue weighted by Crippen LogP contribution is -2.44. The van der Waals surface area contributed by atoms with Gasteiger partial charge < -0.3 is 9.47 Å². The zero-order chi connectivity index (χ0) is 13.1. The van der Waals surface area contributed by atoms with Crippen molar-refractivity contribution in [3.63, 3.8) is 0 Å². The SMILES string of the molecule is C=CC1C=C(C)CC(C(=O)OC)(C(=O)OC)C1. The number of hydrogen-bond donors (Lipinski definition) is 0. The standard InChI is InChI=1S/C13H18O4/c1-5-10-6-9(2)7-13(8-10,11(14)16-3)12(15)17-4/h5-6,10H,1,7-8H2,2-4H3. The van der Waals surface area contributed by atoms with Crippen molar-refractivity contribution in [2.75, 3.05) is 14.2 Å². The minimum absolute atomic E-state index is 0.0121. The van der Waals surface area contributed by atoms with Gasteiger partial charge >= 0.3 is 11.9 Å². The van der Waals surface area contributed by atoms with Crippen LogP contribution in [-0.2, 0) is 19.1 Å². The van der Waals surface area contributed by atoms with E-state index in [1.165, 1.54) is 14.2 Å². The van der Waals surface area contributed by atoms with E-state index in [-0.39, 0.29) is 5.92 Å². The van der Waals surface area contributed by atoms with Crippen LogP contribution in [0.4, 0.5) is 0 Å². The lowest BCUT2D eigenvalue weighted by molar-refractivity contribution is -0.170. The van der Waals surface area contributed by atoms with Gasteiger partial charge in [-0.2, -0.15) is 0 Å². The summed E-state index contributed by atoms with van der Waals surface area (Å²) < 4.78 is 9.51. The van der Waals surface area contributed by atoms with Gasteiger partial charge in [-0.15, -0.1) is 6.58 Å². The van der Waals surface area contributed by atoms with Crippen molar-refractivity contribution in [2.24, 2.45) is 11.3 Å². The summed E-state index contributed by atoms with van der Waals surface area (Å²) in [5.74, 6) is -1.09. The molecule has 0 aliphatic heterocycles. The van der Waals surface area contributed by atoms with Gasteiger partial charge in [-0.05, 0) is 25.7 Å². The zero-order valence-electron chi connectivity index (χ0n) is 10.5. The number of esters is 2. The van der Waals surface area contributed by atoms with E-state index >= 15 is 0 Å². The minimum atomic E-state index is -1.22. The molecule has 0 aromatic rings. The fourth-order valence-corrected chi connectivity index (χ4v) is 2.37. The van der Waals surface area contributed by atoms with Gasteiger partial charge in [-0.1, -0.05) is 17.7 Å². The maximum absolute atomic E-state index is 11.9. The molecule has 1 rings (SSSR count). The van der Waals surface area contributed by atoms with E-state index in [1.54, 1.807) is 6.08 Å². The van der Waals surface area contributed by atoms with Gasteiger partial charge in [0.1, 0.15) is 0 Å². The second kappa shape index (κ2) is 5.17. The molecule has 0 spiro atoms. The Morgan fingerprint density at radius 1 is 1.41 bits per heavy atom. The number of carbonyl (C=O) groups is 2. The van der Waals surface area contributed by atoms with Crippen molar-refractivity contribution in [3.8, 4) is 0 Å². The second-order valence-electron chi connectivity index (χ2n) is 4.36. The van der Waals surface area contributed by atoms with E-state index in [9.17, 15) is 9.59 Å². The highest BCUT2D eigenvalue weighted by molar-refractivity contribution is 6.00. The summed E-state index contributed by atoms with van der Waals surface area (Å²) in [7, 11) is 2.56. The number of ether oxygens (including phenoxy) is 2. The smallest absolute Gasteiger partial charge is 0.323 e. The molecule has 0 amide bonds. The topological polar surface area (TPSA) is 52.6 Å². The van der Waals surface area contributed by atoms with Gasteiger partial charge in [0.25, 0.3) is 0 Å². The van der Waals surface area contributed by atoms with Crippen LogP contribution in [0.15, 0.2) is 24.3 Å². The molecular formula is C13H18O4. The predicted octanol–water partition coefficient (Wildman–Crippen LogP) is 1.86. The van der Waals surface area contributed by atoms with E-state index in [4.69, 9.17) is 9.47 Å². The van der Waals surface area contributed by atoms with E-state index in [1.807, 2.05) is 13.0 Å². The second-order valence-corrected chi connectivity index (χ2v) is 4.36. The molecular weight excluding hydrogens is 220 g/mol. The first-order valence-electron chi connectivity index (χ1n) is 5.47. The summed E-state index contributed by atoms with van der Waals surface area (Å²) in [4.78, 5) is 23.8. The van der Waals surface area contributed by atoms with E-state index < -0.39 is 17.4 Å². The molecule has 0 aromatic carbocycles. The summed E-state index contributed by atoms with van der Waals surface area (Å²) in [5, 5.41) is 0. The summed E-state index contributed by atoms with van der Waals surface area (Å²) in [6, 6.07) is 0. The molecule has 4 nitrogen and oxygen atoms in total. The number of carbonyl (C=O) groups excluding carboxylic acids is 2. The summed E-state index contributed by atoms with van der Waals surface area (Å²) in [6.45, 7) is 5.59. The van der Waals surface area contributed by atoms with Crippen LogP contribution in [-0.4, -0.2) is 26.2 Å². The normalized spacial score (nSPS) is 22.3. The van der Waals surface area contributed by atoms with Gasteiger partial charge in [-0.3, -0.25) is 9.59 Å². The highest BCUT2D eigenvalue weighted by atomic mass is 16.5. The third kappa shape index (κ3) is 2.40. The zero-order valence-corrected chi connectivity index (χ0v) is 10.5. The first-order valence-corrected chi connectivity index (χ1v) is 5.47. The van der Waals surface area contributed by atoms with Crippen LogP contribution in [0.3, 0.4) is 0 Å². The number of allylic oxidation sites excluding steroid dienone is 3. The lowest BCUT2D eigenvalue weighted by Gasteiger charge is -2.34. The van der Waals surface area contributed by atoms with Crippen molar-refractivity contribution in [1.29, 1.82) is 0 Å². The minimum Gasteiger partial charge on any atom is -0.468 e. The van der Waals surface area contributed by atoms with Crippen molar-refractivity contribution in [1.82, 2.24) is 0 Å². The Morgan fingerprint density at radius 2 is 1.94 bits per heavy atom. The van der Waals surface area contributed by atoms with Gasteiger partial charge in [0, 0.05) is 0 Å². The van der Waals surface area contributed by atoms with Crippen LogP contribution in [0.1, 0.15) is 19.8 Å². The fourth-order valence-electron chi connectivity index (χ4n) is 2.37. The summed E-state index contributed by atoms with van der Waals surface area (Å²) >= 11 is 0. The third-order valence-corrected chi connectivity index (χ3v) is 3.12. The average Bonchev–Trinajstić information content (AvgIpc) is 2.35. The summed E-state index contributed by atoms with van der Waals surface area (Å²) in [5.41, 5.74) is -0.252. The van der Waals surface area contributed by atoms with Crippen LogP contribution >= 0.6 is 0 Å². The highest BCUT2D eigenvalue weighted by Crippen LogP contribution is 2.41. The molecule has 17 heavy (non-hydrogen) atoms. The molecule has 1 unspecified atom stereocenters. The number of methoxy groups -OCH3 is 2. The number of rotatable bonds is 3. The Morgan fingerprint density at radius 3 is 2.35 bits per heavy atom. The molecule has 4 heteroatoms. The maximum atomic E-state index is 11.9. The Labute approximate surface area is 101 Å². The van der Waals surface area contributed by atoms with Gasteiger partial charge in [0.05, 0.1) is 14.2 Å². The molecule has 94 valence electrons. The summed E-state index contributed by atoms with van der Waals surface area (Å²) in [6.07, 6.45) is 4.43. The number of hydrogen-bond acceptors (Lipinski definition) is 4. The molecule has 0 radical (unpaired) electrons. The third-order valence-electron chi connectivity index (χ3n) is 3.12. The van der Waals surface area contributed by atoms with E-state index in [0.717, 1.165) is 5.57 Å². The molecule has 1 atom stereocenters.